The monoisotopic (exact) mass is 441 g/mol. The Bertz CT molecular complexity index is 938. The summed E-state index contributed by atoms with van der Waals surface area (Å²) >= 11 is 1.36. The summed E-state index contributed by atoms with van der Waals surface area (Å²) in [6.07, 6.45) is -1.34. The van der Waals surface area contributed by atoms with Crippen molar-refractivity contribution in [2.24, 2.45) is 0 Å². The molecular weight excluding hydrogens is 415 g/mol. The Morgan fingerprint density at radius 3 is 2.73 bits per heavy atom. The predicted octanol–water partition coefficient (Wildman–Crippen LogP) is 5.02. The van der Waals surface area contributed by atoms with Crippen LogP contribution in [0.3, 0.4) is 0 Å². The summed E-state index contributed by atoms with van der Waals surface area (Å²) in [5, 5.41) is 8.38. The Morgan fingerprint density at radius 2 is 2.10 bits per heavy atom. The number of nitrogens with one attached hydrogen (secondary N) is 1. The second-order valence-electron chi connectivity index (χ2n) is 8.10. The maximum Gasteiger partial charge on any atom is 0.410 e. The van der Waals surface area contributed by atoms with E-state index in [1.165, 1.54) is 11.3 Å². The number of aromatic nitrogens is 3. The highest BCUT2D eigenvalue weighted by Gasteiger charge is 2.46. The number of anilines is 1. The summed E-state index contributed by atoms with van der Waals surface area (Å²) in [5.41, 5.74) is 1.22. The van der Waals surface area contributed by atoms with Crippen LogP contribution < -0.4 is 5.32 Å². The van der Waals surface area contributed by atoms with Crippen molar-refractivity contribution in [3.8, 4) is 0 Å². The van der Waals surface area contributed by atoms with Crippen LogP contribution in [0.15, 0.2) is 6.07 Å². The van der Waals surface area contributed by atoms with Crippen LogP contribution in [-0.2, 0) is 0 Å². The number of rotatable bonds is 3. The first-order valence-electron chi connectivity index (χ1n) is 10.4. The van der Waals surface area contributed by atoms with E-state index in [-0.39, 0.29) is 24.4 Å². The average Bonchev–Trinajstić information content (AvgIpc) is 3.28. The molecule has 1 N–H and O–H groups in total. The number of likely N-dealkylation sites (tertiary alicyclic amines) is 1. The molecule has 4 heterocycles. The lowest BCUT2D eigenvalue weighted by Crippen LogP contribution is -2.39. The van der Waals surface area contributed by atoms with Gasteiger partial charge >= 0.3 is 6.18 Å². The van der Waals surface area contributed by atoms with Gasteiger partial charge in [-0.2, -0.15) is 18.3 Å². The summed E-state index contributed by atoms with van der Waals surface area (Å²) in [6.45, 7) is 6.11. The molecule has 0 radical (unpaired) electrons. The molecule has 0 aliphatic carbocycles. The van der Waals surface area contributed by atoms with Crippen LogP contribution in [0.25, 0.3) is 0 Å². The molecule has 4 rings (SSSR count). The molecule has 1 saturated heterocycles. The molecule has 0 aromatic carbocycles. The number of alkyl halides is 3. The molecule has 3 atom stereocenters. The Morgan fingerprint density at radius 1 is 1.33 bits per heavy atom. The molecule has 164 valence electrons. The Balaban J connectivity index is 1.68. The lowest BCUT2D eigenvalue weighted by Gasteiger charge is -2.34. The zero-order chi connectivity index (χ0) is 21.6. The number of aryl methyl sites for hydroxylation is 2. The van der Waals surface area contributed by atoms with Crippen LogP contribution in [0.4, 0.5) is 19.0 Å². The molecule has 6 nitrogen and oxygen atoms in total. The van der Waals surface area contributed by atoms with Crippen LogP contribution in [0.1, 0.15) is 77.2 Å². The van der Waals surface area contributed by atoms with Gasteiger partial charge in [0.25, 0.3) is 5.91 Å². The largest absolute Gasteiger partial charge is 0.410 e. The van der Waals surface area contributed by atoms with E-state index in [4.69, 9.17) is 0 Å². The second-order valence-corrected chi connectivity index (χ2v) is 9.30. The Labute approximate surface area is 177 Å². The van der Waals surface area contributed by atoms with E-state index in [0.717, 1.165) is 22.5 Å². The molecule has 1 fully saturated rings. The van der Waals surface area contributed by atoms with Crippen molar-refractivity contribution in [2.45, 2.75) is 77.2 Å². The third-order valence-corrected chi connectivity index (χ3v) is 7.04. The van der Waals surface area contributed by atoms with Gasteiger partial charge in [0.2, 0.25) is 0 Å². The summed E-state index contributed by atoms with van der Waals surface area (Å²) < 4.78 is 42.2. The quantitative estimate of drug-likeness (QED) is 0.726. The molecular formula is C20H26F3N5OS. The fraction of sp³-hybridized carbons (Fsp3) is 0.650. The van der Waals surface area contributed by atoms with Crippen LogP contribution >= 0.6 is 11.3 Å². The van der Waals surface area contributed by atoms with Gasteiger partial charge in [-0.25, -0.2) is 9.67 Å². The van der Waals surface area contributed by atoms with Gasteiger partial charge in [0.1, 0.15) is 10.7 Å². The average molecular weight is 442 g/mol. The summed E-state index contributed by atoms with van der Waals surface area (Å²) in [4.78, 5) is 20.0. The van der Waals surface area contributed by atoms with Crippen LogP contribution in [-0.4, -0.2) is 44.3 Å². The minimum Gasteiger partial charge on any atom is -0.367 e. The molecule has 0 bridgehead atoms. The van der Waals surface area contributed by atoms with Crippen molar-refractivity contribution < 1.29 is 18.0 Å². The number of carbonyl (C=O) groups excluding carboxylic acids is 1. The first-order valence-corrected chi connectivity index (χ1v) is 11.2. The first kappa shape index (κ1) is 21.1. The smallest absolute Gasteiger partial charge is 0.367 e. The molecule has 2 aliphatic heterocycles. The number of hydrogen-bond donors (Lipinski definition) is 1. The minimum absolute atomic E-state index is 0.0409. The molecule has 0 saturated carbocycles. The van der Waals surface area contributed by atoms with E-state index in [9.17, 15) is 18.0 Å². The van der Waals surface area contributed by atoms with Gasteiger partial charge < -0.3 is 10.2 Å². The number of fused-ring (bicyclic) bond motifs is 1. The van der Waals surface area contributed by atoms with Gasteiger partial charge in [0, 0.05) is 18.7 Å². The zero-order valence-electron chi connectivity index (χ0n) is 17.3. The molecule has 2 aliphatic rings. The third kappa shape index (κ3) is 3.81. The maximum absolute atomic E-state index is 13.7. The first-order chi connectivity index (χ1) is 14.2. The number of carbonyl (C=O) groups is 1. The van der Waals surface area contributed by atoms with E-state index in [1.54, 1.807) is 11.0 Å². The van der Waals surface area contributed by atoms with Crippen molar-refractivity contribution in [2.75, 3.05) is 11.9 Å². The van der Waals surface area contributed by atoms with E-state index in [1.807, 2.05) is 20.8 Å². The topological polar surface area (TPSA) is 63.1 Å². The number of hydrogen-bond acceptors (Lipinski definition) is 5. The summed E-state index contributed by atoms with van der Waals surface area (Å²) in [5.74, 6) is 0.272. The van der Waals surface area contributed by atoms with Gasteiger partial charge in [-0.15, -0.1) is 11.3 Å². The van der Waals surface area contributed by atoms with E-state index in [2.05, 4.69) is 15.4 Å². The molecule has 10 heteroatoms. The normalized spacial score (nSPS) is 24.5. The van der Waals surface area contributed by atoms with E-state index < -0.39 is 12.2 Å². The maximum atomic E-state index is 13.7. The minimum atomic E-state index is -4.37. The van der Waals surface area contributed by atoms with Crippen molar-refractivity contribution in [3.05, 3.63) is 27.3 Å². The highest BCUT2D eigenvalue weighted by Crippen LogP contribution is 2.42. The third-order valence-electron chi connectivity index (χ3n) is 5.98. The number of thiazole rings is 1. The Hall–Kier alpha value is -2.10. The highest BCUT2D eigenvalue weighted by atomic mass is 32.1. The molecule has 0 unspecified atom stereocenters. The van der Waals surface area contributed by atoms with Crippen LogP contribution in [0.2, 0.25) is 0 Å². The molecule has 30 heavy (non-hydrogen) atoms. The van der Waals surface area contributed by atoms with Gasteiger partial charge in [-0.3, -0.25) is 4.79 Å². The second kappa shape index (κ2) is 7.86. The van der Waals surface area contributed by atoms with Gasteiger partial charge in [0.05, 0.1) is 22.4 Å². The van der Waals surface area contributed by atoms with Crippen molar-refractivity contribution in [3.63, 3.8) is 0 Å². The number of nitrogens with zero attached hydrogens (tertiary/aromatic N) is 4. The number of piperidine rings is 1. The van der Waals surface area contributed by atoms with Gasteiger partial charge in [0.15, 0.2) is 6.04 Å². The number of amides is 1. The van der Waals surface area contributed by atoms with E-state index in [0.29, 0.717) is 41.5 Å². The van der Waals surface area contributed by atoms with Crippen LogP contribution in [0, 0.1) is 13.8 Å². The summed E-state index contributed by atoms with van der Waals surface area (Å²) in [7, 11) is 0. The Kier molecular flexibility index (Phi) is 5.54. The van der Waals surface area contributed by atoms with Gasteiger partial charge in [-0.05, 0) is 46.0 Å². The van der Waals surface area contributed by atoms with Crippen LogP contribution in [0.5, 0.6) is 0 Å². The standard InChI is InChI=1S/C20H26F3N5OS/c1-4-13-9-16(20(21,22)23)28-17(25-13)10-14(26-28)15-7-5-6-8-27(15)19(29)18-11(2)24-12(3)30-18/h10,13,15-16,25H,4-9H2,1-3H3/t13-,15+,16-/m1/s1. The molecule has 1 amide bonds. The highest BCUT2D eigenvalue weighted by molar-refractivity contribution is 7.13. The molecule has 2 aromatic heterocycles. The number of halogens is 3. The summed E-state index contributed by atoms with van der Waals surface area (Å²) in [6, 6.07) is -0.532. The SMILES string of the molecule is CC[C@@H]1C[C@H](C(F)(F)F)n2nc([C@@H]3CCCCN3C(=O)c3sc(C)nc3C)cc2N1. The fourth-order valence-electron chi connectivity index (χ4n) is 4.44. The van der Waals surface area contributed by atoms with Gasteiger partial charge in [-0.1, -0.05) is 6.92 Å². The predicted molar refractivity (Wildman–Crippen MR) is 109 cm³/mol. The zero-order valence-corrected chi connectivity index (χ0v) is 18.1. The van der Waals surface area contributed by atoms with Crippen molar-refractivity contribution in [1.82, 2.24) is 19.7 Å². The van der Waals surface area contributed by atoms with Crippen molar-refractivity contribution >= 4 is 23.1 Å². The van der Waals surface area contributed by atoms with Crippen molar-refractivity contribution in [1.29, 1.82) is 0 Å². The molecule has 2 aromatic rings. The fourth-order valence-corrected chi connectivity index (χ4v) is 5.32. The lowest BCUT2D eigenvalue weighted by molar-refractivity contribution is -0.173. The molecule has 0 spiro atoms. The van der Waals surface area contributed by atoms with E-state index >= 15 is 0 Å². The lowest BCUT2D eigenvalue weighted by atomic mass is 9.98.